The molecular weight excluding hydrogens is 987 g/mol. The van der Waals surface area contributed by atoms with E-state index in [4.69, 9.17) is 19.5 Å². The molecule has 70 heavy (non-hydrogen) atoms. The van der Waals surface area contributed by atoms with Crippen LogP contribution in [0, 0.1) is 16.2 Å². The van der Waals surface area contributed by atoms with Crippen molar-refractivity contribution >= 4 is 64.0 Å². The summed E-state index contributed by atoms with van der Waals surface area (Å²) >= 11 is 0. The summed E-state index contributed by atoms with van der Waals surface area (Å²) in [4.78, 5) is 101. The summed E-state index contributed by atoms with van der Waals surface area (Å²) in [5.41, 5.74) is 5.06. The number of anilines is 1. The summed E-state index contributed by atoms with van der Waals surface area (Å²) < 4.78 is 62.6. The molecule has 29 heteroatoms. The fourth-order valence-corrected chi connectivity index (χ4v) is 10.2. The van der Waals surface area contributed by atoms with Crippen LogP contribution in [0.1, 0.15) is 97.4 Å². The largest absolute Gasteiger partial charge is 0.481 e. The topological polar surface area (TPSA) is 401 Å². The molecule has 1 aromatic carbocycles. The second kappa shape index (κ2) is 24.1. The van der Waals surface area contributed by atoms with E-state index in [1.807, 2.05) is 38.1 Å². The Kier molecular flexibility index (Phi) is 20.1. The van der Waals surface area contributed by atoms with Gasteiger partial charge in [0, 0.05) is 36.8 Å². The summed E-state index contributed by atoms with van der Waals surface area (Å²) in [6, 6.07) is 7.99. The summed E-state index contributed by atoms with van der Waals surface area (Å²) in [7, 11) is -16.5. The van der Waals surface area contributed by atoms with E-state index >= 15 is 0 Å². The molecule has 11 N–H and O–H groups in total. The molecule has 0 spiro atoms. The van der Waals surface area contributed by atoms with Gasteiger partial charge in [0.15, 0.2) is 17.7 Å². The number of aliphatic hydroxyl groups excluding tert-OH is 2. The van der Waals surface area contributed by atoms with Crippen molar-refractivity contribution in [3.63, 3.8) is 0 Å². The third kappa shape index (κ3) is 17.0. The first kappa shape index (κ1) is 58.5. The molecule has 0 saturated carbocycles. The number of ketones is 1. The van der Waals surface area contributed by atoms with Gasteiger partial charge in [-0.2, -0.15) is 4.31 Å². The van der Waals surface area contributed by atoms with Crippen LogP contribution in [0.4, 0.5) is 5.82 Å². The molecule has 1 aliphatic heterocycles. The number of hydrogen-bond donors (Lipinski definition) is 10. The van der Waals surface area contributed by atoms with Crippen LogP contribution in [0.5, 0.6) is 0 Å². The van der Waals surface area contributed by atoms with Crippen LogP contribution in [0.15, 0.2) is 36.9 Å². The molecule has 1 aliphatic rings. The van der Waals surface area contributed by atoms with Crippen LogP contribution in [-0.2, 0) is 68.3 Å². The molecule has 2 aromatic heterocycles. The van der Waals surface area contributed by atoms with E-state index in [0.29, 0.717) is 12.8 Å². The number of amides is 2. The minimum absolute atomic E-state index is 0.0225. The van der Waals surface area contributed by atoms with Gasteiger partial charge in [-0.1, -0.05) is 52.0 Å². The van der Waals surface area contributed by atoms with Crippen LogP contribution in [0.3, 0.4) is 0 Å². The number of nitrogen functional groups attached to an aromatic ring is 1. The average Bonchev–Trinajstić information content (AvgIpc) is 3.82. The van der Waals surface area contributed by atoms with Crippen LogP contribution in [0.25, 0.3) is 11.2 Å². The van der Waals surface area contributed by atoms with Crippen molar-refractivity contribution in [2.45, 2.75) is 124 Å². The molecule has 392 valence electrons. The molecule has 0 radical (unpaired) electrons. The number of aryl methyl sites for hydroxylation is 2. The second-order valence-corrected chi connectivity index (χ2v) is 23.0. The van der Waals surface area contributed by atoms with Crippen molar-refractivity contribution < 1.29 is 90.4 Å². The minimum atomic E-state index is -5.60. The SMILES string of the molecule is CC(C)(CCCc1ccccc1CCCC(C)(C)C(=O)CCNC(=O)CCNC(=O)C(O)C(C)(C)COP(=O)(O)OP(=O)(O)OCC1OC(n2cnc3c(N)ncnc32)C(O)C1OP(=O)(O)O)C(=O)O. The fourth-order valence-electron chi connectivity index (χ4n) is 7.33. The number of aliphatic hydroxyl groups is 2. The standard InChI is InChI=1S/C41H64N7O19P3/c1-39(2,17-9-13-25-11-7-8-12-26(25)14-10-18-40(3,4)38(54)55)28(49)15-19-43-29(50)16-20-44-36(53)33(52)41(5,6)22-64-70(61,62)67-69(59,60)63-21-27-32(66-68(56,57)58)31(51)37(65-27)48-24-47-30-34(42)45-23-46-35(30)48/h7-8,11-12,23-24,27,31-33,37,51-52H,9-10,13-22H2,1-6H3,(H,43,50)(H,44,53)(H,54,55)(H,59,60)(H,61,62)(H2,42,45,46)(H2,56,57,58). The molecule has 3 aromatic rings. The van der Waals surface area contributed by atoms with Crippen molar-refractivity contribution in [2.24, 2.45) is 16.2 Å². The number of carboxylic acids is 1. The third-order valence-electron chi connectivity index (χ3n) is 11.7. The number of phosphoric ester groups is 3. The van der Waals surface area contributed by atoms with E-state index in [1.165, 1.54) is 13.8 Å². The van der Waals surface area contributed by atoms with E-state index in [2.05, 4.69) is 34.4 Å². The smallest absolute Gasteiger partial charge is 0.481 e. The maximum Gasteiger partial charge on any atom is 0.481 e. The number of carboxylic acid groups (broad SMARTS) is 1. The number of nitrogens with one attached hydrogen (secondary N) is 2. The van der Waals surface area contributed by atoms with Gasteiger partial charge in [-0.25, -0.2) is 28.6 Å². The number of carbonyl (C=O) groups excluding carboxylic acids is 3. The highest BCUT2D eigenvalue weighted by Crippen LogP contribution is 2.61. The normalized spacial score (nSPS) is 20.1. The first-order valence-electron chi connectivity index (χ1n) is 22.1. The van der Waals surface area contributed by atoms with E-state index < -0.39 is 101 Å². The number of nitrogens with zero attached hydrogens (tertiary/aromatic N) is 4. The summed E-state index contributed by atoms with van der Waals surface area (Å²) in [5.74, 6) is -2.42. The lowest BCUT2D eigenvalue weighted by molar-refractivity contribution is -0.147. The molecule has 7 unspecified atom stereocenters. The average molecular weight is 1050 g/mol. The van der Waals surface area contributed by atoms with Crippen LogP contribution in [-0.4, -0.2) is 129 Å². The Morgan fingerprint density at radius 2 is 1.44 bits per heavy atom. The summed E-state index contributed by atoms with van der Waals surface area (Å²) in [5, 5.41) is 36.1. The summed E-state index contributed by atoms with van der Waals surface area (Å²) in [6.45, 7) is 7.36. The Bertz CT molecular complexity index is 2470. The number of imidazole rings is 1. The number of hydrogen-bond acceptors (Lipinski definition) is 18. The van der Waals surface area contributed by atoms with Gasteiger partial charge in [-0.3, -0.25) is 37.3 Å². The van der Waals surface area contributed by atoms with Gasteiger partial charge >= 0.3 is 29.4 Å². The maximum absolute atomic E-state index is 13.1. The zero-order chi connectivity index (χ0) is 52.5. The molecular formula is C41H64N7O19P3. The Labute approximate surface area is 403 Å². The number of phosphoric acid groups is 3. The Morgan fingerprint density at radius 3 is 2.04 bits per heavy atom. The number of ether oxygens (including phenoxy) is 1. The number of rotatable bonds is 29. The summed E-state index contributed by atoms with van der Waals surface area (Å²) in [6.07, 6.45) is -2.91. The molecule has 4 rings (SSSR count). The van der Waals surface area contributed by atoms with E-state index in [1.54, 1.807) is 13.8 Å². The van der Waals surface area contributed by atoms with Crippen molar-refractivity contribution in [3.05, 3.63) is 48.0 Å². The van der Waals surface area contributed by atoms with Crippen molar-refractivity contribution in [1.82, 2.24) is 30.2 Å². The number of carbonyl (C=O) groups is 4. The lowest BCUT2D eigenvalue weighted by Crippen LogP contribution is -2.46. The van der Waals surface area contributed by atoms with Gasteiger partial charge < -0.3 is 56.0 Å². The maximum atomic E-state index is 13.1. The first-order chi connectivity index (χ1) is 32.3. The number of aromatic nitrogens is 4. The molecule has 0 bridgehead atoms. The van der Waals surface area contributed by atoms with Gasteiger partial charge in [-0.05, 0) is 63.5 Å². The molecule has 26 nitrogen and oxygen atoms in total. The van der Waals surface area contributed by atoms with Crippen molar-refractivity contribution in [1.29, 1.82) is 0 Å². The van der Waals surface area contributed by atoms with Crippen molar-refractivity contribution in [3.8, 4) is 0 Å². The van der Waals surface area contributed by atoms with Crippen LogP contribution >= 0.6 is 23.5 Å². The Morgan fingerprint density at radius 1 is 0.857 bits per heavy atom. The first-order valence-corrected chi connectivity index (χ1v) is 26.6. The number of fused-ring (bicyclic) bond motifs is 1. The monoisotopic (exact) mass is 1050 g/mol. The third-order valence-corrected chi connectivity index (χ3v) is 14.8. The number of aliphatic carboxylic acids is 1. The molecule has 3 heterocycles. The number of nitrogens with two attached hydrogens (primary N) is 1. The zero-order valence-corrected chi connectivity index (χ0v) is 42.3. The highest BCUT2D eigenvalue weighted by Gasteiger charge is 2.50. The van der Waals surface area contributed by atoms with Gasteiger partial charge in [0.1, 0.15) is 42.0 Å². The fraction of sp³-hybridized carbons (Fsp3) is 0.634. The Balaban J connectivity index is 1.17. The van der Waals surface area contributed by atoms with Gasteiger partial charge in [0.05, 0.1) is 25.0 Å². The highest BCUT2D eigenvalue weighted by atomic mass is 31.3. The number of benzene rings is 1. The molecule has 1 saturated heterocycles. The van der Waals surface area contributed by atoms with Crippen molar-refractivity contribution in [2.75, 3.05) is 32.0 Å². The predicted octanol–water partition coefficient (Wildman–Crippen LogP) is 2.85. The highest BCUT2D eigenvalue weighted by molar-refractivity contribution is 7.61. The zero-order valence-electron chi connectivity index (χ0n) is 39.6. The van der Waals surface area contributed by atoms with Gasteiger partial charge in [-0.15, -0.1) is 0 Å². The van der Waals surface area contributed by atoms with E-state index in [9.17, 15) is 67.8 Å². The van der Waals surface area contributed by atoms with Crippen LogP contribution in [0.2, 0.25) is 0 Å². The minimum Gasteiger partial charge on any atom is -0.481 e. The second-order valence-electron chi connectivity index (χ2n) is 18.8. The molecule has 7 atom stereocenters. The lowest BCUT2D eigenvalue weighted by atomic mass is 9.80. The quantitative estimate of drug-likeness (QED) is 0.0447. The Hall–Kier alpha value is -4.10. The molecule has 0 aliphatic carbocycles. The van der Waals surface area contributed by atoms with Gasteiger partial charge in [0.25, 0.3) is 0 Å². The predicted molar refractivity (Wildman–Crippen MR) is 247 cm³/mol. The van der Waals surface area contributed by atoms with Gasteiger partial charge in [0.2, 0.25) is 11.8 Å². The number of Topliss-reactive ketones (excluding diaryl/α,β-unsaturated/α-hetero) is 1. The molecule has 2 amide bonds. The van der Waals surface area contributed by atoms with E-state index in [-0.39, 0.29) is 48.7 Å². The lowest BCUT2D eigenvalue weighted by Gasteiger charge is -2.30. The van der Waals surface area contributed by atoms with E-state index in [0.717, 1.165) is 54.0 Å². The van der Waals surface area contributed by atoms with Crippen LogP contribution < -0.4 is 16.4 Å². The molecule has 1 fully saturated rings.